The van der Waals surface area contributed by atoms with Crippen molar-refractivity contribution in [2.75, 3.05) is 13.1 Å². The van der Waals surface area contributed by atoms with E-state index in [1.54, 1.807) is 0 Å². The Morgan fingerprint density at radius 1 is 1.22 bits per heavy atom. The van der Waals surface area contributed by atoms with Gasteiger partial charge >= 0.3 is 0 Å². The second-order valence-corrected chi connectivity index (χ2v) is 6.06. The van der Waals surface area contributed by atoms with Crippen molar-refractivity contribution >= 4 is 0 Å². The summed E-state index contributed by atoms with van der Waals surface area (Å²) in [4.78, 5) is 4.62. The predicted molar refractivity (Wildman–Crippen MR) is 69.4 cm³/mol. The first-order valence-electron chi connectivity index (χ1n) is 7.34. The van der Waals surface area contributed by atoms with E-state index in [9.17, 15) is 0 Å². The molecule has 4 nitrogen and oxygen atoms in total. The molecule has 2 heterocycles. The van der Waals surface area contributed by atoms with E-state index in [0.29, 0.717) is 5.92 Å². The molecule has 1 saturated heterocycles. The van der Waals surface area contributed by atoms with Gasteiger partial charge in [-0.1, -0.05) is 12.1 Å². The molecule has 4 heteroatoms. The molecule has 2 fully saturated rings. The van der Waals surface area contributed by atoms with Gasteiger partial charge in [0.05, 0.1) is 0 Å². The molecule has 1 aromatic heterocycles. The number of hydrogen-bond donors (Lipinski definition) is 1. The zero-order valence-corrected chi connectivity index (χ0v) is 11.2. The number of hydrogen-bond acceptors (Lipinski definition) is 4. The van der Waals surface area contributed by atoms with Crippen LogP contribution in [0.5, 0.6) is 0 Å². The predicted octanol–water partition coefficient (Wildman–Crippen LogP) is 2.52. The average Bonchev–Trinajstić information content (AvgIpc) is 2.99. The first-order chi connectivity index (χ1) is 8.81. The van der Waals surface area contributed by atoms with E-state index in [1.165, 1.54) is 32.1 Å². The second kappa shape index (κ2) is 5.39. The van der Waals surface area contributed by atoms with Gasteiger partial charge < -0.3 is 9.84 Å². The van der Waals surface area contributed by atoms with Gasteiger partial charge in [0.2, 0.25) is 5.89 Å². The molecule has 3 rings (SSSR count). The molecular weight excluding hydrogens is 226 g/mol. The summed E-state index contributed by atoms with van der Waals surface area (Å²) in [6, 6.07) is 0. The second-order valence-electron chi connectivity index (χ2n) is 6.06. The minimum Gasteiger partial charge on any atom is -0.339 e. The first-order valence-corrected chi connectivity index (χ1v) is 7.34. The lowest BCUT2D eigenvalue weighted by Crippen LogP contribution is -2.28. The molecule has 1 aliphatic heterocycles. The molecule has 1 aliphatic carbocycles. The van der Waals surface area contributed by atoms with Crippen molar-refractivity contribution in [3.05, 3.63) is 11.7 Å². The zero-order valence-electron chi connectivity index (χ0n) is 11.2. The van der Waals surface area contributed by atoms with E-state index in [4.69, 9.17) is 4.52 Å². The van der Waals surface area contributed by atoms with Gasteiger partial charge in [0.1, 0.15) is 0 Å². The highest BCUT2D eigenvalue weighted by Gasteiger charge is 2.27. The van der Waals surface area contributed by atoms with Crippen LogP contribution in [-0.2, 0) is 6.42 Å². The van der Waals surface area contributed by atoms with Gasteiger partial charge in [-0.3, -0.25) is 0 Å². The number of piperidine rings is 1. The van der Waals surface area contributed by atoms with Crippen LogP contribution in [-0.4, -0.2) is 23.2 Å². The Hall–Kier alpha value is -0.900. The first kappa shape index (κ1) is 12.2. The molecule has 0 amide bonds. The average molecular weight is 249 g/mol. The standard InChI is InChI=1S/C14H23N3O/c1-10-2-3-12(8-10)14-16-13(18-17-14)9-11-4-6-15-7-5-11/h10-12,15H,2-9H2,1H3. The molecule has 1 N–H and O–H groups in total. The van der Waals surface area contributed by atoms with Gasteiger partial charge in [-0.25, -0.2) is 0 Å². The Bertz CT molecular complexity index is 384. The van der Waals surface area contributed by atoms with Crippen LogP contribution < -0.4 is 5.32 Å². The molecule has 18 heavy (non-hydrogen) atoms. The monoisotopic (exact) mass is 249 g/mol. The smallest absolute Gasteiger partial charge is 0.226 e. The van der Waals surface area contributed by atoms with Gasteiger partial charge in [0, 0.05) is 12.3 Å². The van der Waals surface area contributed by atoms with Crippen LogP contribution in [0.1, 0.15) is 56.7 Å². The lowest BCUT2D eigenvalue weighted by Gasteiger charge is -2.20. The molecule has 0 radical (unpaired) electrons. The summed E-state index contributed by atoms with van der Waals surface area (Å²) >= 11 is 0. The topological polar surface area (TPSA) is 51.0 Å². The van der Waals surface area contributed by atoms with E-state index in [2.05, 4.69) is 22.4 Å². The normalized spacial score (nSPS) is 29.8. The van der Waals surface area contributed by atoms with Crippen molar-refractivity contribution < 1.29 is 4.52 Å². The molecule has 0 bridgehead atoms. The van der Waals surface area contributed by atoms with E-state index in [1.807, 2.05) is 0 Å². The van der Waals surface area contributed by atoms with Gasteiger partial charge in [-0.15, -0.1) is 0 Å². The summed E-state index contributed by atoms with van der Waals surface area (Å²) in [5, 5.41) is 7.59. The summed E-state index contributed by atoms with van der Waals surface area (Å²) in [6.45, 7) is 4.58. The molecule has 100 valence electrons. The Balaban J connectivity index is 1.59. The molecule has 1 aromatic rings. The quantitative estimate of drug-likeness (QED) is 0.894. The van der Waals surface area contributed by atoms with Crippen LogP contribution in [0.3, 0.4) is 0 Å². The number of nitrogens with zero attached hydrogens (tertiary/aromatic N) is 2. The highest BCUT2D eigenvalue weighted by Crippen LogP contribution is 2.36. The summed E-state index contributed by atoms with van der Waals surface area (Å²) in [6.07, 6.45) is 7.20. The SMILES string of the molecule is CC1CCC(c2noc(CC3CCNCC3)n2)C1. The van der Waals surface area contributed by atoms with Gasteiger partial charge in [0.15, 0.2) is 5.82 Å². The number of aromatic nitrogens is 2. The fraction of sp³-hybridized carbons (Fsp3) is 0.857. The van der Waals surface area contributed by atoms with Crippen LogP contribution in [0.25, 0.3) is 0 Å². The molecule has 0 aromatic carbocycles. The molecule has 0 spiro atoms. The van der Waals surface area contributed by atoms with E-state index in [0.717, 1.165) is 43.1 Å². The number of nitrogens with one attached hydrogen (secondary N) is 1. The van der Waals surface area contributed by atoms with E-state index < -0.39 is 0 Å². The van der Waals surface area contributed by atoms with Crippen molar-refractivity contribution in [2.45, 2.75) is 51.4 Å². The maximum atomic E-state index is 5.43. The summed E-state index contributed by atoms with van der Waals surface area (Å²) < 4.78 is 5.43. The maximum Gasteiger partial charge on any atom is 0.226 e. The van der Waals surface area contributed by atoms with Gasteiger partial charge in [-0.2, -0.15) is 4.98 Å². The zero-order chi connectivity index (χ0) is 12.4. The van der Waals surface area contributed by atoms with Gasteiger partial charge in [-0.05, 0) is 57.0 Å². The van der Waals surface area contributed by atoms with E-state index in [-0.39, 0.29) is 0 Å². The van der Waals surface area contributed by atoms with Crippen molar-refractivity contribution in [3.8, 4) is 0 Å². The van der Waals surface area contributed by atoms with Crippen LogP contribution in [0.15, 0.2) is 4.52 Å². The molecule has 2 atom stereocenters. The molecular formula is C14H23N3O. The Kier molecular flexibility index (Phi) is 3.64. The van der Waals surface area contributed by atoms with Crippen molar-refractivity contribution in [2.24, 2.45) is 11.8 Å². The van der Waals surface area contributed by atoms with E-state index >= 15 is 0 Å². The Morgan fingerprint density at radius 3 is 2.78 bits per heavy atom. The highest BCUT2D eigenvalue weighted by molar-refractivity contribution is 4.99. The highest BCUT2D eigenvalue weighted by atomic mass is 16.5. The maximum absolute atomic E-state index is 5.43. The van der Waals surface area contributed by atoms with Crippen LogP contribution >= 0.6 is 0 Å². The van der Waals surface area contributed by atoms with Crippen LogP contribution in [0.4, 0.5) is 0 Å². The van der Waals surface area contributed by atoms with Crippen LogP contribution in [0, 0.1) is 11.8 Å². The summed E-state index contributed by atoms with van der Waals surface area (Å²) in [5.74, 6) is 3.91. The Morgan fingerprint density at radius 2 is 2.06 bits per heavy atom. The fourth-order valence-corrected chi connectivity index (χ4v) is 3.29. The molecule has 2 aliphatic rings. The molecule has 1 saturated carbocycles. The minimum absolute atomic E-state index is 0.547. The van der Waals surface area contributed by atoms with Crippen molar-refractivity contribution in [3.63, 3.8) is 0 Å². The minimum atomic E-state index is 0.547. The van der Waals surface area contributed by atoms with Crippen molar-refractivity contribution in [1.29, 1.82) is 0 Å². The van der Waals surface area contributed by atoms with Crippen LogP contribution in [0.2, 0.25) is 0 Å². The lowest BCUT2D eigenvalue weighted by atomic mass is 9.95. The third kappa shape index (κ3) is 2.74. The largest absolute Gasteiger partial charge is 0.339 e. The Labute approximate surface area is 109 Å². The lowest BCUT2D eigenvalue weighted by molar-refractivity contribution is 0.311. The summed E-state index contributed by atoms with van der Waals surface area (Å²) in [5.41, 5.74) is 0. The molecule has 2 unspecified atom stereocenters. The summed E-state index contributed by atoms with van der Waals surface area (Å²) in [7, 11) is 0. The van der Waals surface area contributed by atoms with Crippen molar-refractivity contribution in [1.82, 2.24) is 15.5 Å². The number of rotatable bonds is 3. The van der Waals surface area contributed by atoms with Gasteiger partial charge in [0.25, 0.3) is 0 Å². The third-order valence-electron chi connectivity index (χ3n) is 4.47. The fourth-order valence-electron chi connectivity index (χ4n) is 3.29. The third-order valence-corrected chi connectivity index (χ3v) is 4.47.